The Balaban J connectivity index is 2.36. The number of halogens is 3. The number of allylic oxidation sites excluding steroid dienone is 1. The van der Waals surface area contributed by atoms with Gasteiger partial charge >= 0.3 is 6.36 Å². The van der Waals surface area contributed by atoms with Gasteiger partial charge < -0.3 is 9.47 Å². The molecule has 2 rings (SSSR count). The van der Waals surface area contributed by atoms with Crippen LogP contribution in [-0.2, 0) is 14.2 Å². The van der Waals surface area contributed by atoms with Gasteiger partial charge in [-0.2, -0.15) is 5.26 Å². The molecule has 1 aliphatic carbocycles. The van der Waals surface area contributed by atoms with Crippen LogP contribution in [0.15, 0.2) is 48.2 Å². The van der Waals surface area contributed by atoms with Crippen molar-refractivity contribution in [3.63, 3.8) is 0 Å². The van der Waals surface area contributed by atoms with E-state index in [0.717, 1.165) is 6.08 Å². The van der Waals surface area contributed by atoms with Crippen molar-refractivity contribution in [3.8, 4) is 6.07 Å². The van der Waals surface area contributed by atoms with E-state index in [1.807, 2.05) is 0 Å². The maximum atomic E-state index is 12.7. The molecule has 4 nitrogen and oxygen atoms in total. The molecule has 0 saturated carbocycles. The number of rotatable bonds is 6. The zero-order chi connectivity index (χ0) is 17.6. The zero-order valence-corrected chi connectivity index (χ0v) is 13.0. The van der Waals surface area contributed by atoms with Crippen molar-refractivity contribution in [3.05, 3.63) is 53.8 Å². The van der Waals surface area contributed by atoms with Crippen molar-refractivity contribution < 1.29 is 27.4 Å². The van der Waals surface area contributed by atoms with E-state index < -0.39 is 12.0 Å². The predicted octanol–water partition coefficient (Wildman–Crippen LogP) is 4.17. The van der Waals surface area contributed by atoms with Crippen molar-refractivity contribution in [2.75, 3.05) is 13.4 Å². The molecule has 24 heavy (non-hydrogen) atoms. The monoisotopic (exact) mass is 339 g/mol. The molecule has 1 aromatic rings. The molecule has 7 heteroatoms. The van der Waals surface area contributed by atoms with Crippen LogP contribution in [0, 0.1) is 11.3 Å². The molecule has 0 radical (unpaired) electrons. The third-order valence-electron chi connectivity index (χ3n) is 3.35. The van der Waals surface area contributed by atoms with Crippen molar-refractivity contribution in [1.29, 1.82) is 5.26 Å². The molecular formula is C17H16F3NO3. The van der Waals surface area contributed by atoms with E-state index in [1.165, 1.54) is 6.08 Å². The molecule has 1 atom stereocenters. The van der Waals surface area contributed by atoms with Crippen LogP contribution in [0.25, 0.3) is 5.57 Å². The van der Waals surface area contributed by atoms with Gasteiger partial charge in [0.05, 0.1) is 0 Å². The highest BCUT2D eigenvalue weighted by Gasteiger charge is 2.45. The van der Waals surface area contributed by atoms with Crippen LogP contribution < -0.4 is 0 Å². The summed E-state index contributed by atoms with van der Waals surface area (Å²) in [7, 11) is 0. The molecule has 0 aromatic heterocycles. The Morgan fingerprint density at radius 2 is 1.96 bits per heavy atom. The lowest BCUT2D eigenvalue weighted by Crippen LogP contribution is -2.37. The van der Waals surface area contributed by atoms with Crippen molar-refractivity contribution in [2.24, 2.45) is 0 Å². The largest absolute Gasteiger partial charge is 0.524 e. The van der Waals surface area contributed by atoms with Gasteiger partial charge in [0.2, 0.25) is 0 Å². The molecule has 128 valence electrons. The smallest absolute Gasteiger partial charge is 0.467 e. The molecule has 0 amide bonds. The molecule has 0 aliphatic heterocycles. The van der Waals surface area contributed by atoms with E-state index in [0.29, 0.717) is 23.5 Å². The highest BCUT2D eigenvalue weighted by atomic mass is 19.4. The molecule has 0 fully saturated rings. The predicted molar refractivity (Wildman–Crippen MR) is 80.2 cm³/mol. The Hall–Kier alpha value is -2.30. The normalized spacial score (nSPS) is 20.8. The summed E-state index contributed by atoms with van der Waals surface area (Å²) in [5.41, 5.74) is -1.02. The van der Waals surface area contributed by atoms with Gasteiger partial charge in [0, 0.05) is 18.6 Å². The number of nitriles is 1. The summed E-state index contributed by atoms with van der Waals surface area (Å²) in [5, 5.41) is 9.26. The lowest BCUT2D eigenvalue weighted by atomic mass is 9.86. The van der Waals surface area contributed by atoms with Gasteiger partial charge in [-0.25, -0.2) is 0 Å². The van der Waals surface area contributed by atoms with Crippen LogP contribution in [0.5, 0.6) is 0 Å². The van der Waals surface area contributed by atoms with Crippen LogP contribution in [0.3, 0.4) is 0 Å². The average Bonchev–Trinajstić information content (AvgIpc) is 2.56. The van der Waals surface area contributed by atoms with E-state index >= 15 is 0 Å². The van der Waals surface area contributed by atoms with Gasteiger partial charge in [0.15, 0.2) is 12.4 Å². The molecule has 1 aliphatic rings. The minimum absolute atomic E-state index is 0.0355. The van der Waals surface area contributed by atoms with Crippen LogP contribution >= 0.6 is 0 Å². The molecule has 0 bridgehead atoms. The summed E-state index contributed by atoms with van der Waals surface area (Å²) < 4.78 is 52.7. The van der Waals surface area contributed by atoms with Crippen LogP contribution in [0.4, 0.5) is 13.2 Å². The van der Waals surface area contributed by atoms with Gasteiger partial charge in [0.1, 0.15) is 11.8 Å². The first-order valence-corrected chi connectivity index (χ1v) is 7.25. The number of nitrogens with zero attached hydrogens (tertiary/aromatic N) is 1. The number of hydrogen-bond donors (Lipinski definition) is 0. The van der Waals surface area contributed by atoms with Gasteiger partial charge in [-0.15, -0.1) is 13.2 Å². The molecule has 0 heterocycles. The fourth-order valence-electron chi connectivity index (χ4n) is 2.30. The summed E-state index contributed by atoms with van der Waals surface area (Å²) >= 11 is 0. The maximum absolute atomic E-state index is 12.7. The van der Waals surface area contributed by atoms with Gasteiger partial charge in [0.25, 0.3) is 0 Å². The summed E-state index contributed by atoms with van der Waals surface area (Å²) in [6.45, 7) is 2.20. The van der Waals surface area contributed by atoms with Gasteiger partial charge in [-0.05, 0) is 24.6 Å². The second-order valence-corrected chi connectivity index (χ2v) is 5.02. The fraction of sp³-hybridized carbons (Fsp3) is 0.353. The van der Waals surface area contributed by atoms with Crippen LogP contribution in [0.2, 0.25) is 0 Å². The topological polar surface area (TPSA) is 51.5 Å². The fourth-order valence-corrected chi connectivity index (χ4v) is 2.30. The number of hydrogen-bond acceptors (Lipinski definition) is 4. The van der Waals surface area contributed by atoms with Crippen molar-refractivity contribution in [2.45, 2.75) is 25.3 Å². The van der Waals surface area contributed by atoms with Gasteiger partial charge in [-0.3, -0.25) is 4.74 Å². The van der Waals surface area contributed by atoms with E-state index in [-0.39, 0.29) is 13.2 Å². The first kappa shape index (κ1) is 18.0. The molecular weight excluding hydrogens is 323 g/mol. The Labute approximate surface area is 137 Å². The number of alkyl halides is 3. The highest BCUT2D eigenvalue weighted by Crippen LogP contribution is 2.39. The molecule has 0 N–H and O–H groups in total. The quantitative estimate of drug-likeness (QED) is 0.577. The Morgan fingerprint density at radius 1 is 1.25 bits per heavy atom. The first-order chi connectivity index (χ1) is 11.4. The highest BCUT2D eigenvalue weighted by molar-refractivity contribution is 5.72. The Morgan fingerprint density at radius 3 is 2.54 bits per heavy atom. The average molecular weight is 339 g/mol. The van der Waals surface area contributed by atoms with E-state index in [9.17, 15) is 18.4 Å². The molecule has 1 unspecified atom stereocenters. The van der Waals surface area contributed by atoms with E-state index in [2.05, 4.69) is 4.74 Å². The number of ether oxygens (including phenoxy) is 3. The Kier molecular flexibility index (Phi) is 5.65. The van der Waals surface area contributed by atoms with Crippen LogP contribution in [-0.4, -0.2) is 25.4 Å². The van der Waals surface area contributed by atoms with E-state index in [1.54, 1.807) is 43.3 Å². The third kappa shape index (κ3) is 4.60. The minimum Gasteiger partial charge on any atom is -0.467 e. The number of benzene rings is 1. The van der Waals surface area contributed by atoms with Crippen LogP contribution in [0.1, 0.15) is 18.9 Å². The molecule has 0 spiro atoms. The summed E-state index contributed by atoms with van der Waals surface area (Å²) in [5.74, 6) is 0.353. The first-order valence-electron chi connectivity index (χ1n) is 7.25. The summed E-state index contributed by atoms with van der Waals surface area (Å²) in [6.07, 6.45) is -2.83. The summed E-state index contributed by atoms with van der Waals surface area (Å²) in [6, 6.07) is 10.4. The van der Waals surface area contributed by atoms with Crippen molar-refractivity contribution in [1.82, 2.24) is 0 Å². The summed E-state index contributed by atoms with van der Waals surface area (Å²) in [4.78, 5) is 0. The lowest BCUT2D eigenvalue weighted by molar-refractivity contribution is -0.348. The maximum Gasteiger partial charge on any atom is 0.524 e. The second kappa shape index (κ2) is 7.51. The standard InChI is InChI=1S/C17H16F3NO3/c1-2-22-12-23-15-8-9-16(11-21,24-17(18,19)20)10-14(15)13-6-4-3-5-7-13/h3-9H,2,10,12H2,1H3. The Bertz CT molecular complexity index is 662. The zero-order valence-electron chi connectivity index (χ0n) is 13.0. The molecule has 1 aromatic carbocycles. The third-order valence-corrected chi connectivity index (χ3v) is 3.35. The second-order valence-electron chi connectivity index (χ2n) is 5.02. The van der Waals surface area contributed by atoms with E-state index in [4.69, 9.17) is 9.47 Å². The lowest BCUT2D eigenvalue weighted by Gasteiger charge is -2.30. The minimum atomic E-state index is -4.93. The SMILES string of the molecule is CCOCOC1=C(c2ccccc2)CC(C#N)(OC(F)(F)F)C=C1. The van der Waals surface area contributed by atoms with Crippen molar-refractivity contribution >= 4 is 5.57 Å². The molecule has 0 saturated heterocycles. The van der Waals surface area contributed by atoms with Gasteiger partial charge in [-0.1, -0.05) is 30.3 Å².